The fourth-order valence-corrected chi connectivity index (χ4v) is 1.79. The molecule has 0 bridgehead atoms. The number of hydrogen-bond acceptors (Lipinski definition) is 1. The average Bonchev–Trinajstić information content (AvgIpc) is 2.35. The van der Waals surface area contributed by atoms with Gasteiger partial charge in [0, 0.05) is 15.6 Å². The zero-order valence-corrected chi connectivity index (χ0v) is 8.30. The predicted molar refractivity (Wildman–Crippen MR) is 53.4 cm³/mol. The van der Waals surface area contributed by atoms with Crippen molar-refractivity contribution >= 4 is 29.0 Å². The third-order valence-electron chi connectivity index (χ3n) is 1.36. The summed E-state index contributed by atoms with van der Waals surface area (Å²) in [5.74, 6) is 0.622. The first-order valence-corrected chi connectivity index (χ1v) is 4.87. The van der Waals surface area contributed by atoms with E-state index in [2.05, 4.69) is 25.1 Å². The second kappa shape index (κ2) is 3.93. The summed E-state index contributed by atoms with van der Waals surface area (Å²) in [6, 6.07) is 4.24. The normalized spacial score (nSPS) is 12.1. The lowest BCUT2D eigenvalue weighted by Gasteiger charge is -1.89. The Morgan fingerprint density at radius 1 is 1.64 bits per heavy atom. The van der Waals surface area contributed by atoms with Crippen LogP contribution in [0.2, 0.25) is 0 Å². The van der Waals surface area contributed by atoms with E-state index in [9.17, 15) is 0 Å². The fourth-order valence-electron chi connectivity index (χ4n) is 0.812. The Morgan fingerprint density at radius 3 is 2.82 bits per heavy atom. The lowest BCUT2D eigenvalue weighted by molar-refractivity contribution is 1.44. The monoisotopic (exact) mass is 186 g/mol. The van der Waals surface area contributed by atoms with Crippen LogP contribution in [0.3, 0.4) is 0 Å². The zero-order chi connectivity index (χ0) is 8.27. The van der Waals surface area contributed by atoms with Crippen molar-refractivity contribution in [2.75, 3.05) is 5.88 Å². The first kappa shape index (κ1) is 8.82. The molecule has 0 aliphatic carbocycles. The number of thiophene rings is 1. The lowest BCUT2D eigenvalue weighted by atomic mass is 10.3. The second-order valence-corrected chi connectivity index (χ2v) is 4.16. The molecule has 60 valence electrons. The Morgan fingerprint density at radius 2 is 2.36 bits per heavy atom. The molecule has 0 aromatic carbocycles. The van der Waals surface area contributed by atoms with Crippen molar-refractivity contribution in [2.24, 2.45) is 0 Å². The van der Waals surface area contributed by atoms with Crippen LogP contribution in [-0.2, 0) is 0 Å². The molecule has 0 atom stereocenters. The summed E-state index contributed by atoms with van der Waals surface area (Å²) >= 11 is 7.44. The second-order valence-electron chi connectivity index (χ2n) is 2.57. The van der Waals surface area contributed by atoms with Gasteiger partial charge in [-0.25, -0.2) is 0 Å². The van der Waals surface area contributed by atoms with Crippen molar-refractivity contribution in [2.45, 2.75) is 13.8 Å². The highest BCUT2D eigenvalue weighted by Crippen LogP contribution is 2.18. The van der Waals surface area contributed by atoms with Gasteiger partial charge in [-0.3, -0.25) is 0 Å². The molecule has 0 saturated carbocycles. The number of allylic oxidation sites excluding steroid dienone is 1. The maximum Gasteiger partial charge on any atom is 0.0434 e. The Kier molecular flexibility index (Phi) is 3.16. The molecule has 2 heteroatoms. The van der Waals surface area contributed by atoms with E-state index in [1.807, 2.05) is 6.92 Å². The highest BCUT2D eigenvalue weighted by molar-refractivity contribution is 7.12. The van der Waals surface area contributed by atoms with Gasteiger partial charge in [-0.05, 0) is 32.1 Å². The van der Waals surface area contributed by atoms with Crippen molar-refractivity contribution in [1.29, 1.82) is 0 Å². The van der Waals surface area contributed by atoms with Gasteiger partial charge < -0.3 is 0 Å². The molecule has 1 heterocycles. The summed E-state index contributed by atoms with van der Waals surface area (Å²) in [5.41, 5.74) is 1.22. The van der Waals surface area contributed by atoms with E-state index in [0.29, 0.717) is 5.88 Å². The van der Waals surface area contributed by atoms with Gasteiger partial charge in [0.1, 0.15) is 0 Å². The molecule has 0 radical (unpaired) electrons. The van der Waals surface area contributed by atoms with E-state index < -0.39 is 0 Å². The maximum absolute atomic E-state index is 5.65. The quantitative estimate of drug-likeness (QED) is 0.618. The number of hydrogen-bond donors (Lipinski definition) is 0. The molecule has 0 N–H and O–H groups in total. The van der Waals surface area contributed by atoms with Crippen molar-refractivity contribution < 1.29 is 0 Å². The van der Waals surface area contributed by atoms with E-state index in [1.54, 1.807) is 11.3 Å². The van der Waals surface area contributed by atoms with Crippen LogP contribution in [0.1, 0.15) is 16.7 Å². The highest BCUT2D eigenvalue weighted by Gasteiger charge is 1.92. The minimum Gasteiger partial charge on any atom is -0.141 e. The molecule has 0 saturated heterocycles. The van der Waals surface area contributed by atoms with Crippen LogP contribution in [0.25, 0.3) is 6.08 Å². The molecule has 0 unspecified atom stereocenters. The number of rotatable bonds is 2. The number of alkyl halides is 1. The summed E-state index contributed by atoms with van der Waals surface area (Å²) in [6.45, 7) is 4.15. The van der Waals surface area contributed by atoms with Crippen LogP contribution in [0.5, 0.6) is 0 Å². The minimum absolute atomic E-state index is 0.622. The van der Waals surface area contributed by atoms with Crippen LogP contribution in [-0.4, -0.2) is 5.88 Å². The largest absolute Gasteiger partial charge is 0.141 e. The van der Waals surface area contributed by atoms with Crippen LogP contribution >= 0.6 is 22.9 Å². The van der Waals surface area contributed by atoms with Gasteiger partial charge in [-0.1, -0.05) is 5.57 Å². The summed E-state index contributed by atoms with van der Waals surface area (Å²) < 4.78 is 0. The van der Waals surface area contributed by atoms with E-state index in [4.69, 9.17) is 11.6 Å². The van der Waals surface area contributed by atoms with Gasteiger partial charge >= 0.3 is 0 Å². The van der Waals surface area contributed by atoms with Gasteiger partial charge in [0.15, 0.2) is 0 Å². The maximum atomic E-state index is 5.65. The molecule has 0 aliphatic heterocycles. The Labute approximate surface area is 76.5 Å². The molecular formula is C9H11ClS. The van der Waals surface area contributed by atoms with E-state index in [-0.39, 0.29) is 0 Å². The molecule has 11 heavy (non-hydrogen) atoms. The van der Waals surface area contributed by atoms with Crippen LogP contribution in [0, 0.1) is 6.92 Å². The third-order valence-corrected chi connectivity index (χ3v) is 2.73. The Balaban J connectivity index is 2.78. The third kappa shape index (κ3) is 2.68. The molecule has 0 nitrogen and oxygen atoms in total. The minimum atomic E-state index is 0.622. The Bertz CT molecular complexity index is 260. The number of aryl methyl sites for hydroxylation is 1. The van der Waals surface area contributed by atoms with Crippen molar-refractivity contribution in [3.8, 4) is 0 Å². The topological polar surface area (TPSA) is 0 Å². The van der Waals surface area contributed by atoms with Crippen molar-refractivity contribution in [3.63, 3.8) is 0 Å². The van der Waals surface area contributed by atoms with Crippen LogP contribution in [0.15, 0.2) is 17.7 Å². The van der Waals surface area contributed by atoms with Crippen LogP contribution in [0.4, 0.5) is 0 Å². The van der Waals surface area contributed by atoms with Gasteiger partial charge in [0.05, 0.1) is 0 Å². The molecule has 1 aromatic heterocycles. The molecule has 0 amide bonds. The predicted octanol–water partition coefficient (Wildman–Crippen LogP) is 3.70. The first-order valence-electron chi connectivity index (χ1n) is 3.52. The summed E-state index contributed by atoms with van der Waals surface area (Å²) in [4.78, 5) is 2.64. The Hall–Kier alpha value is -0.270. The summed E-state index contributed by atoms with van der Waals surface area (Å²) in [5, 5.41) is 0. The highest BCUT2D eigenvalue weighted by atomic mass is 35.5. The van der Waals surface area contributed by atoms with E-state index in [1.165, 1.54) is 15.3 Å². The van der Waals surface area contributed by atoms with Crippen molar-refractivity contribution in [1.82, 2.24) is 0 Å². The standard InChI is InChI=1S/C9H11ClS/c1-7(6-10)5-9-4-3-8(2)11-9/h3-5H,6H2,1-2H3. The molecule has 1 aromatic rings. The fraction of sp³-hybridized carbons (Fsp3) is 0.333. The summed E-state index contributed by atoms with van der Waals surface area (Å²) in [6.07, 6.45) is 2.13. The first-order chi connectivity index (χ1) is 5.22. The molecular weight excluding hydrogens is 176 g/mol. The lowest BCUT2D eigenvalue weighted by Crippen LogP contribution is -1.73. The number of halogens is 1. The smallest absolute Gasteiger partial charge is 0.0434 e. The van der Waals surface area contributed by atoms with Gasteiger partial charge in [0.25, 0.3) is 0 Å². The molecule has 0 spiro atoms. The van der Waals surface area contributed by atoms with Gasteiger partial charge in [0.2, 0.25) is 0 Å². The molecule has 0 aliphatic rings. The summed E-state index contributed by atoms with van der Waals surface area (Å²) in [7, 11) is 0. The SMILES string of the molecule is CC(=Cc1ccc(C)s1)CCl. The van der Waals surface area contributed by atoms with Crippen LogP contribution < -0.4 is 0 Å². The van der Waals surface area contributed by atoms with Gasteiger partial charge in [-0.15, -0.1) is 22.9 Å². The average molecular weight is 187 g/mol. The van der Waals surface area contributed by atoms with Gasteiger partial charge in [-0.2, -0.15) is 0 Å². The molecule has 0 fully saturated rings. The zero-order valence-electron chi connectivity index (χ0n) is 6.73. The van der Waals surface area contributed by atoms with E-state index in [0.717, 1.165) is 0 Å². The molecule has 1 rings (SSSR count). The van der Waals surface area contributed by atoms with E-state index >= 15 is 0 Å². The van der Waals surface area contributed by atoms with Crippen molar-refractivity contribution in [3.05, 3.63) is 27.5 Å².